The van der Waals surface area contributed by atoms with Crippen LogP contribution in [0.3, 0.4) is 0 Å². The van der Waals surface area contributed by atoms with Gasteiger partial charge in [-0.15, -0.1) is 0 Å². The summed E-state index contributed by atoms with van der Waals surface area (Å²) in [6.07, 6.45) is 12.1. The van der Waals surface area contributed by atoms with Gasteiger partial charge in [0.05, 0.1) is 6.61 Å². The molecule has 0 spiro atoms. The summed E-state index contributed by atoms with van der Waals surface area (Å²) >= 11 is 0. The van der Waals surface area contributed by atoms with Crippen LogP contribution in [-0.4, -0.2) is 64.3 Å². The molecular weight excluding hydrogens is 360 g/mol. The minimum Gasteiger partial charge on any atom is -0.394 e. The lowest BCUT2D eigenvalue weighted by Gasteiger charge is -2.39. The van der Waals surface area contributed by atoms with Crippen LogP contribution in [0.5, 0.6) is 0 Å². The third-order valence-corrected chi connectivity index (χ3v) is 5.65. The Hall–Kier alpha value is -0.240. The second-order valence-electron chi connectivity index (χ2n) is 8.16. The number of hydrogen-bond acceptors (Lipinski definition) is 6. The molecule has 0 aromatic rings. The predicted molar refractivity (Wildman–Crippen MR) is 110 cm³/mol. The second kappa shape index (κ2) is 16.5. The molecule has 1 aliphatic heterocycles. The van der Waals surface area contributed by atoms with Crippen LogP contribution < -0.4 is 0 Å². The van der Waals surface area contributed by atoms with E-state index >= 15 is 0 Å². The Balaban J connectivity index is 1.90. The summed E-state index contributed by atoms with van der Waals surface area (Å²) < 4.78 is 10.6. The molecule has 4 N–H and O–H groups in total. The molecule has 1 heterocycles. The van der Waals surface area contributed by atoms with E-state index in [1.54, 1.807) is 0 Å². The Kier molecular flexibility index (Phi) is 15.2. The van der Waals surface area contributed by atoms with Crippen LogP contribution in [-0.2, 0) is 9.47 Å². The zero-order valence-electron chi connectivity index (χ0n) is 17.8. The Morgan fingerprint density at radius 3 is 1.61 bits per heavy atom. The highest BCUT2D eigenvalue weighted by Gasteiger charge is 2.44. The monoisotopic (exact) mass is 404 g/mol. The molecule has 1 rings (SSSR count). The maximum atomic E-state index is 10.00. The van der Waals surface area contributed by atoms with Gasteiger partial charge in [-0.2, -0.15) is 0 Å². The number of rotatable bonds is 17. The molecule has 5 atom stereocenters. The first-order valence-corrected chi connectivity index (χ1v) is 11.5. The molecule has 0 bridgehead atoms. The molecule has 0 unspecified atom stereocenters. The first-order valence-electron chi connectivity index (χ1n) is 11.5. The summed E-state index contributed by atoms with van der Waals surface area (Å²) in [7, 11) is 0. The van der Waals surface area contributed by atoms with Crippen LogP contribution >= 0.6 is 0 Å². The van der Waals surface area contributed by atoms with Gasteiger partial charge in [0.1, 0.15) is 24.4 Å². The summed E-state index contributed by atoms with van der Waals surface area (Å²) in [6.45, 7) is 2.21. The minimum absolute atomic E-state index is 0.413. The third kappa shape index (κ3) is 10.5. The van der Waals surface area contributed by atoms with Crippen molar-refractivity contribution in [3.05, 3.63) is 0 Å². The molecular formula is C22H44O6. The van der Waals surface area contributed by atoms with Gasteiger partial charge in [-0.3, -0.25) is 0 Å². The van der Waals surface area contributed by atoms with Crippen LogP contribution in [0.25, 0.3) is 0 Å². The van der Waals surface area contributed by atoms with E-state index in [-0.39, 0.29) is 0 Å². The zero-order chi connectivity index (χ0) is 20.6. The summed E-state index contributed by atoms with van der Waals surface area (Å²) in [6, 6.07) is 0. The molecule has 1 fully saturated rings. The van der Waals surface area contributed by atoms with Gasteiger partial charge in [0, 0.05) is 6.61 Å². The van der Waals surface area contributed by atoms with Gasteiger partial charge >= 0.3 is 0 Å². The molecule has 0 aromatic heterocycles. The number of aliphatic hydroxyl groups excluding tert-OH is 4. The van der Waals surface area contributed by atoms with Gasteiger partial charge in [-0.25, -0.2) is 0 Å². The van der Waals surface area contributed by atoms with Crippen molar-refractivity contribution < 1.29 is 29.9 Å². The molecule has 1 saturated heterocycles. The molecule has 6 nitrogen and oxygen atoms in total. The fourth-order valence-electron chi connectivity index (χ4n) is 3.77. The number of unbranched alkanes of at least 4 members (excludes halogenated alkanes) is 13. The van der Waals surface area contributed by atoms with E-state index in [9.17, 15) is 15.3 Å². The normalized spacial score (nSPS) is 28.0. The van der Waals surface area contributed by atoms with E-state index in [4.69, 9.17) is 14.6 Å². The van der Waals surface area contributed by atoms with Gasteiger partial charge in [0.2, 0.25) is 0 Å². The number of ether oxygens (including phenoxy) is 2. The van der Waals surface area contributed by atoms with Crippen molar-refractivity contribution in [2.75, 3.05) is 13.2 Å². The van der Waals surface area contributed by atoms with Gasteiger partial charge in [-0.05, 0) is 6.42 Å². The third-order valence-electron chi connectivity index (χ3n) is 5.65. The van der Waals surface area contributed by atoms with E-state index < -0.39 is 37.3 Å². The summed E-state index contributed by atoms with van der Waals surface area (Å²) in [5.41, 5.74) is 0. The highest BCUT2D eigenvalue weighted by molar-refractivity contribution is 4.89. The average Bonchev–Trinajstić information content (AvgIpc) is 2.69. The van der Waals surface area contributed by atoms with Crippen LogP contribution in [0.15, 0.2) is 0 Å². The fourth-order valence-corrected chi connectivity index (χ4v) is 3.77. The highest BCUT2D eigenvalue weighted by Crippen LogP contribution is 2.22. The van der Waals surface area contributed by atoms with Crippen molar-refractivity contribution in [3.8, 4) is 0 Å². The first-order chi connectivity index (χ1) is 13.6. The lowest BCUT2D eigenvalue weighted by atomic mass is 9.99. The van der Waals surface area contributed by atoms with Gasteiger partial charge < -0.3 is 29.9 Å². The summed E-state index contributed by atoms with van der Waals surface area (Å²) in [5, 5.41) is 38.7. The average molecular weight is 405 g/mol. The van der Waals surface area contributed by atoms with Crippen molar-refractivity contribution in [2.45, 2.75) is 128 Å². The van der Waals surface area contributed by atoms with Crippen molar-refractivity contribution in [1.29, 1.82) is 0 Å². The molecule has 0 radical (unpaired) electrons. The number of aliphatic hydroxyl groups is 4. The zero-order valence-corrected chi connectivity index (χ0v) is 17.8. The van der Waals surface area contributed by atoms with E-state index in [0.717, 1.165) is 12.8 Å². The fraction of sp³-hybridized carbons (Fsp3) is 1.00. The summed E-state index contributed by atoms with van der Waals surface area (Å²) in [5.74, 6) is 0. The highest BCUT2D eigenvalue weighted by atomic mass is 16.7. The lowest BCUT2D eigenvalue weighted by molar-refractivity contribution is -0.296. The minimum atomic E-state index is -1.33. The first kappa shape index (κ1) is 25.8. The quantitative estimate of drug-likeness (QED) is 0.278. The SMILES string of the molecule is CCCCCCCCCCCCCCCCO[C@@H]1[C@@H](O)[C@H](O)[C@@H](CO)O[C@H]1O. The molecule has 6 heteroatoms. The molecule has 168 valence electrons. The predicted octanol–water partition coefficient (Wildman–Crippen LogP) is 3.28. The van der Waals surface area contributed by atoms with Crippen molar-refractivity contribution >= 4 is 0 Å². The lowest BCUT2D eigenvalue weighted by Crippen LogP contribution is -2.59. The molecule has 0 aliphatic carbocycles. The topological polar surface area (TPSA) is 99.4 Å². The summed E-state index contributed by atoms with van der Waals surface area (Å²) in [4.78, 5) is 0. The molecule has 0 saturated carbocycles. The molecule has 1 aliphatic rings. The van der Waals surface area contributed by atoms with Crippen molar-refractivity contribution in [3.63, 3.8) is 0 Å². The van der Waals surface area contributed by atoms with E-state index in [1.165, 1.54) is 77.0 Å². The van der Waals surface area contributed by atoms with Crippen LogP contribution in [0.2, 0.25) is 0 Å². The maximum Gasteiger partial charge on any atom is 0.184 e. The number of hydrogen-bond donors (Lipinski definition) is 4. The Morgan fingerprint density at radius 1 is 0.679 bits per heavy atom. The van der Waals surface area contributed by atoms with Gasteiger partial charge in [0.25, 0.3) is 0 Å². The van der Waals surface area contributed by atoms with Crippen molar-refractivity contribution in [1.82, 2.24) is 0 Å². The second-order valence-corrected chi connectivity index (χ2v) is 8.16. The molecule has 28 heavy (non-hydrogen) atoms. The van der Waals surface area contributed by atoms with Gasteiger partial charge in [0.15, 0.2) is 6.29 Å². The maximum absolute atomic E-state index is 10.00. The van der Waals surface area contributed by atoms with Crippen LogP contribution in [0.1, 0.15) is 96.8 Å². The Bertz CT molecular complexity index is 354. The largest absolute Gasteiger partial charge is 0.394 e. The Labute approximate surface area is 171 Å². The molecule has 0 amide bonds. The van der Waals surface area contributed by atoms with E-state index in [1.807, 2.05) is 0 Å². The van der Waals surface area contributed by atoms with Gasteiger partial charge in [-0.1, -0.05) is 90.4 Å². The van der Waals surface area contributed by atoms with E-state index in [0.29, 0.717) is 6.61 Å². The van der Waals surface area contributed by atoms with Crippen LogP contribution in [0.4, 0.5) is 0 Å². The standard InChI is InChI=1S/C22H44O6/c1-2-3-4-5-6-7-8-9-10-11-12-13-14-15-16-27-21-20(25)19(24)18(17-23)28-22(21)26/h18-26H,2-17H2,1H3/t18-,19-,20+,21-,22-/m1/s1. The molecule has 0 aromatic carbocycles. The van der Waals surface area contributed by atoms with E-state index in [2.05, 4.69) is 6.92 Å². The van der Waals surface area contributed by atoms with Crippen LogP contribution in [0, 0.1) is 0 Å². The smallest absolute Gasteiger partial charge is 0.184 e. The Morgan fingerprint density at radius 2 is 1.14 bits per heavy atom. The van der Waals surface area contributed by atoms with Crippen molar-refractivity contribution in [2.24, 2.45) is 0 Å².